The van der Waals surface area contributed by atoms with Gasteiger partial charge in [-0.1, -0.05) is 43.7 Å². The minimum atomic E-state index is -1.45. The molecule has 0 fully saturated rings. The molecule has 0 aliphatic carbocycles. The highest BCUT2D eigenvalue weighted by atomic mass is 16.4. The zero-order valence-corrected chi connectivity index (χ0v) is 13.8. The van der Waals surface area contributed by atoms with Crippen LogP contribution in [0.4, 0.5) is 0 Å². The number of aliphatic carboxylic acids is 1. The number of hydrogen-bond donors (Lipinski definition) is 4. The molecule has 6 heteroatoms. The lowest BCUT2D eigenvalue weighted by Crippen LogP contribution is -2.52. The lowest BCUT2D eigenvalue weighted by Gasteiger charge is -2.22. The lowest BCUT2D eigenvalue weighted by molar-refractivity contribution is -0.144. The molecule has 1 aromatic rings. The summed E-state index contributed by atoms with van der Waals surface area (Å²) in [7, 11) is 0. The van der Waals surface area contributed by atoms with Gasteiger partial charge in [0.25, 0.3) is 5.91 Å². The van der Waals surface area contributed by atoms with Crippen molar-refractivity contribution in [1.29, 1.82) is 0 Å². The van der Waals surface area contributed by atoms with Gasteiger partial charge in [-0.15, -0.1) is 0 Å². The molecule has 0 heterocycles. The molecule has 0 bridgehead atoms. The number of carbonyl (C=O) groups excluding carboxylic acids is 1. The highest BCUT2D eigenvalue weighted by Gasteiger charge is 2.28. The molecule has 0 unspecified atom stereocenters. The zero-order valence-electron chi connectivity index (χ0n) is 13.8. The second-order valence-electron chi connectivity index (χ2n) is 6.33. The predicted octanol–water partition coefficient (Wildman–Crippen LogP) is 0.841. The molecule has 0 saturated heterocycles. The van der Waals surface area contributed by atoms with E-state index in [1.54, 1.807) is 0 Å². The first-order valence-corrected chi connectivity index (χ1v) is 7.73. The zero-order chi connectivity index (χ0) is 17.6. The van der Waals surface area contributed by atoms with Crippen LogP contribution in [0.5, 0.6) is 0 Å². The maximum Gasteiger partial charge on any atom is 0.326 e. The summed E-state index contributed by atoms with van der Waals surface area (Å²) in [5.41, 5.74) is 7.90. The SMILES string of the molecule is Cc1ccc(C[C@@H](N)[C@@H](O)C(=O)N[C@@H](CC(C)C)C(=O)O)cc1. The summed E-state index contributed by atoms with van der Waals surface area (Å²) in [4.78, 5) is 23.2. The molecule has 3 atom stereocenters. The molecule has 128 valence electrons. The van der Waals surface area contributed by atoms with E-state index in [1.165, 1.54) is 0 Å². The molecule has 0 aliphatic heterocycles. The molecule has 0 saturated carbocycles. The first-order chi connectivity index (χ1) is 10.7. The molecule has 5 N–H and O–H groups in total. The molecule has 1 aromatic carbocycles. The largest absolute Gasteiger partial charge is 0.480 e. The normalized spacial score (nSPS) is 15.0. The van der Waals surface area contributed by atoms with E-state index in [0.717, 1.165) is 11.1 Å². The van der Waals surface area contributed by atoms with E-state index < -0.39 is 30.1 Å². The Balaban J connectivity index is 2.63. The molecule has 6 nitrogen and oxygen atoms in total. The summed E-state index contributed by atoms with van der Waals surface area (Å²) >= 11 is 0. The van der Waals surface area contributed by atoms with Crippen molar-refractivity contribution >= 4 is 11.9 Å². The van der Waals surface area contributed by atoms with Gasteiger partial charge in [0.15, 0.2) is 0 Å². The number of carboxylic acids is 1. The van der Waals surface area contributed by atoms with Crippen LogP contribution in [0, 0.1) is 12.8 Å². The third kappa shape index (κ3) is 6.38. The van der Waals surface area contributed by atoms with Gasteiger partial charge < -0.3 is 21.3 Å². The van der Waals surface area contributed by atoms with E-state index >= 15 is 0 Å². The second-order valence-corrected chi connectivity index (χ2v) is 6.33. The van der Waals surface area contributed by atoms with Gasteiger partial charge in [-0.2, -0.15) is 0 Å². The Hall–Kier alpha value is -1.92. The summed E-state index contributed by atoms with van der Waals surface area (Å²) < 4.78 is 0. The van der Waals surface area contributed by atoms with E-state index in [-0.39, 0.29) is 5.92 Å². The standard InChI is InChI=1S/C17H26N2O4/c1-10(2)8-14(17(22)23)19-16(21)15(20)13(18)9-12-6-4-11(3)5-7-12/h4-7,10,13-15,20H,8-9,18H2,1-3H3,(H,19,21)(H,22,23)/t13-,14+,15-/m1/s1. The Morgan fingerprint density at radius 1 is 1.22 bits per heavy atom. The van der Waals surface area contributed by atoms with E-state index in [4.69, 9.17) is 10.8 Å². The molecule has 1 rings (SSSR count). The van der Waals surface area contributed by atoms with Crippen molar-refractivity contribution in [3.63, 3.8) is 0 Å². The fraction of sp³-hybridized carbons (Fsp3) is 0.529. The highest BCUT2D eigenvalue weighted by Crippen LogP contribution is 2.09. The molecule has 0 spiro atoms. The van der Waals surface area contributed by atoms with Crippen molar-refractivity contribution in [2.75, 3.05) is 0 Å². The predicted molar refractivity (Wildman–Crippen MR) is 87.9 cm³/mol. The highest BCUT2D eigenvalue weighted by molar-refractivity contribution is 5.86. The summed E-state index contributed by atoms with van der Waals surface area (Å²) in [6.07, 6.45) is -0.831. The molecule has 23 heavy (non-hydrogen) atoms. The van der Waals surface area contributed by atoms with Crippen LogP contribution in [0.25, 0.3) is 0 Å². The lowest BCUT2D eigenvalue weighted by atomic mass is 9.99. The maximum atomic E-state index is 12.0. The van der Waals surface area contributed by atoms with E-state index in [1.807, 2.05) is 45.0 Å². The quantitative estimate of drug-likeness (QED) is 0.566. The number of carbonyl (C=O) groups is 2. The van der Waals surface area contributed by atoms with Crippen LogP contribution in [-0.4, -0.2) is 40.3 Å². The monoisotopic (exact) mass is 322 g/mol. The fourth-order valence-electron chi connectivity index (χ4n) is 2.25. The van der Waals surface area contributed by atoms with Gasteiger partial charge in [-0.25, -0.2) is 4.79 Å². The number of aliphatic hydroxyl groups is 1. The summed E-state index contributed by atoms with van der Waals surface area (Å²) in [5.74, 6) is -1.77. The number of nitrogens with one attached hydrogen (secondary N) is 1. The second kappa shape index (κ2) is 8.64. The third-order valence-electron chi connectivity index (χ3n) is 3.59. The van der Waals surface area contributed by atoms with Gasteiger partial charge in [-0.3, -0.25) is 4.79 Å². The Kier molecular flexibility index (Phi) is 7.19. The number of rotatable bonds is 8. The van der Waals surface area contributed by atoms with Crippen LogP contribution >= 0.6 is 0 Å². The Morgan fingerprint density at radius 3 is 2.26 bits per heavy atom. The minimum Gasteiger partial charge on any atom is -0.480 e. The van der Waals surface area contributed by atoms with Crippen LogP contribution in [0.2, 0.25) is 0 Å². The number of amides is 1. The van der Waals surface area contributed by atoms with Crippen molar-refractivity contribution in [1.82, 2.24) is 5.32 Å². The Bertz CT molecular complexity index is 528. The maximum absolute atomic E-state index is 12.0. The molecular formula is C17H26N2O4. The molecule has 0 aromatic heterocycles. The summed E-state index contributed by atoms with van der Waals surface area (Å²) in [6.45, 7) is 5.69. The molecule has 0 radical (unpaired) electrons. The van der Waals surface area contributed by atoms with Crippen molar-refractivity contribution in [2.45, 2.75) is 51.8 Å². The van der Waals surface area contributed by atoms with E-state index in [9.17, 15) is 14.7 Å². The van der Waals surface area contributed by atoms with Crippen molar-refractivity contribution in [3.8, 4) is 0 Å². The van der Waals surface area contributed by atoms with Crippen LogP contribution < -0.4 is 11.1 Å². The number of benzene rings is 1. The molecule has 1 amide bonds. The first kappa shape index (κ1) is 19.1. The average Bonchev–Trinajstić information content (AvgIpc) is 2.47. The summed E-state index contributed by atoms with van der Waals surface area (Å²) in [5, 5.41) is 21.5. The van der Waals surface area contributed by atoms with Crippen molar-refractivity contribution in [2.24, 2.45) is 11.7 Å². The van der Waals surface area contributed by atoms with Gasteiger partial charge in [0.1, 0.15) is 12.1 Å². The Labute approximate surface area is 136 Å². The van der Waals surface area contributed by atoms with Crippen molar-refractivity contribution in [3.05, 3.63) is 35.4 Å². The number of aryl methyl sites for hydroxylation is 1. The topological polar surface area (TPSA) is 113 Å². The fourth-order valence-corrected chi connectivity index (χ4v) is 2.25. The number of nitrogens with two attached hydrogens (primary N) is 1. The third-order valence-corrected chi connectivity index (χ3v) is 3.59. The first-order valence-electron chi connectivity index (χ1n) is 7.73. The van der Waals surface area contributed by atoms with E-state index in [2.05, 4.69) is 5.32 Å². The molecular weight excluding hydrogens is 296 g/mol. The van der Waals surface area contributed by atoms with Gasteiger partial charge in [0.05, 0.1) is 0 Å². The van der Waals surface area contributed by atoms with Crippen LogP contribution in [0.1, 0.15) is 31.4 Å². The van der Waals surface area contributed by atoms with Crippen LogP contribution in [0.15, 0.2) is 24.3 Å². The smallest absolute Gasteiger partial charge is 0.326 e. The number of hydrogen-bond acceptors (Lipinski definition) is 4. The summed E-state index contributed by atoms with van der Waals surface area (Å²) in [6, 6.07) is 5.81. The molecule has 0 aliphatic rings. The van der Waals surface area contributed by atoms with Crippen LogP contribution in [-0.2, 0) is 16.0 Å². The minimum absolute atomic E-state index is 0.106. The van der Waals surface area contributed by atoms with Gasteiger partial charge >= 0.3 is 5.97 Å². The van der Waals surface area contributed by atoms with Crippen molar-refractivity contribution < 1.29 is 19.8 Å². The van der Waals surface area contributed by atoms with Gasteiger partial charge in [0, 0.05) is 6.04 Å². The number of carboxylic acid groups (broad SMARTS) is 1. The Morgan fingerprint density at radius 2 is 1.78 bits per heavy atom. The van der Waals surface area contributed by atoms with Gasteiger partial charge in [-0.05, 0) is 31.2 Å². The van der Waals surface area contributed by atoms with Crippen LogP contribution in [0.3, 0.4) is 0 Å². The number of aliphatic hydroxyl groups excluding tert-OH is 1. The van der Waals surface area contributed by atoms with Gasteiger partial charge in [0.2, 0.25) is 0 Å². The average molecular weight is 322 g/mol. The van der Waals surface area contributed by atoms with E-state index in [0.29, 0.717) is 12.8 Å².